The second-order valence-corrected chi connectivity index (χ2v) is 12.9. The number of nitrogens with zero attached hydrogens (tertiary/aromatic N) is 3. The number of hydrogen-bond donors (Lipinski definition) is 5. The molecule has 0 unspecified atom stereocenters. The highest BCUT2D eigenvalue weighted by atomic mass is 35.5. The molecule has 0 aliphatic heterocycles. The number of carbonyl (C=O) groups is 4. The zero-order valence-electron chi connectivity index (χ0n) is 28.6. The molecule has 5 N–H and O–H groups in total. The van der Waals surface area contributed by atoms with Gasteiger partial charge in [0.2, 0.25) is 17.7 Å². The molecular weight excluding hydrogens is 738 g/mol. The summed E-state index contributed by atoms with van der Waals surface area (Å²) in [5, 5.41) is 20.9. The number of amides is 2. The van der Waals surface area contributed by atoms with E-state index in [4.69, 9.17) is 16.3 Å². The molecule has 1 saturated carbocycles. The van der Waals surface area contributed by atoms with Crippen molar-refractivity contribution in [1.29, 1.82) is 0 Å². The van der Waals surface area contributed by atoms with Crippen LogP contribution in [0, 0.1) is 12.7 Å². The van der Waals surface area contributed by atoms with E-state index < -0.39 is 59.8 Å². The van der Waals surface area contributed by atoms with Gasteiger partial charge >= 0.3 is 18.2 Å². The molecule has 0 spiro atoms. The van der Waals surface area contributed by atoms with Crippen molar-refractivity contribution in [2.24, 2.45) is 0 Å². The number of nitrogens with one attached hydrogen (secondary N) is 4. The summed E-state index contributed by atoms with van der Waals surface area (Å²) in [5.41, 5.74) is 1.68. The number of halogens is 5. The minimum absolute atomic E-state index is 0.0114. The topological polar surface area (TPSA) is 185 Å². The Balaban J connectivity index is 1.17. The van der Waals surface area contributed by atoms with Crippen LogP contribution < -0.4 is 26.0 Å². The predicted molar refractivity (Wildman–Crippen MR) is 188 cm³/mol. The van der Waals surface area contributed by atoms with Crippen LogP contribution in [0.15, 0.2) is 66.7 Å². The van der Waals surface area contributed by atoms with E-state index in [0.29, 0.717) is 29.1 Å². The average molecular weight is 772 g/mol. The van der Waals surface area contributed by atoms with Crippen LogP contribution in [0.1, 0.15) is 52.7 Å². The molecule has 284 valence electrons. The minimum atomic E-state index is -4.65. The SMILES string of the molecule is Cc1ccc(CCC(=O)C(=O)NCC[C@H](NC(=O)c2ccc(Nc3nc(NC4(c5ccc(Cl)cc5)CC4)nc(OCC(F)(F)F)n3)cc2)C(=O)O)c(F)c1. The van der Waals surface area contributed by atoms with E-state index in [-0.39, 0.29) is 48.8 Å². The number of Topliss-reactive ketones (excluding diaryl/α,β-unsaturated/α-hetero) is 1. The third-order valence-corrected chi connectivity index (χ3v) is 8.54. The van der Waals surface area contributed by atoms with E-state index in [1.54, 1.807) is 25.1 Å². The lowest BCUT2D eigenvalue weighted by molar-refractivity contribution is -0.154. The highest BCUT2D eigenvalue weighted by Gasteiger charge is 2.45. The fourth-order valence-electron chi connectivity index (χ4n) is 5.25. The highest BCUT2D eigenvalue weighted by molar-refractivity contribution is 6.36. The van der Waals surface area contributed by atoms with Gasteiger partial charge in [0.25, 0.3) is 11.8 Å². The van der Waals surface area contributed by atoms with Crippen LogP contribution in [0.3, 0.4) is 0 Å². The fourth-order valence-corrected chi connectivity index (χ4v) is 5.38. The molecule has 4 aromatic rings. The van der Waals surface area contributed by atoms with Crippen molar-refractivity contribution in [3.63, 3.8) is 0 Å². The Morgan fingerprint density at radius 1 is 0.963 bits per heavy atom. The Hall–Kier alpha value is -5.84. The zero-order chi connectivity index (χ0) is 39.0. The van der Waals surface area contributed by atoms with Gasteiger partial charge in [-0.2, -0.15) is 28.1 Å². The second kappa shape index (κ2) is 16.9. The molecule has 2 amide bonds. The van der Waals surface area contributed by atoms with Crippen molar-refractivity contribution in [2.45, 2.75) is 56.8 Å². The molecule has 18 heteroatoms. The summed E-state index contributed by atoms with van der Waals surface area (Å²) in [6.45, 7) is -0.167. The number of rotatable bonds is 17. The third kappa shape index (κ3) is 11.1. The van der Waals surface area contributed by atoms with Gasteiger partial charge < -0.3 is 31.1 Å². The molecule has 0 bridgehead atoms. The lowest BCUT2D eigenvalue weighted by Gasteiger charge is -2.19. The number of alkyl halides is 3. The van der Waals surface area contributed by atoms with Gasteiger partial charge in [-0.1, -0.05) is 35.9 Å². The number of ether oxygens (including phenoxy) is 1. The van der Waals surface area contributed by atoms with Crippen LogP contribution in [0.5, 0.6) is 6.01 Å². The van der Waals surface area contributed by atoms with Crippen LogP contribution in [0.4, 0.5) is 35.1 Å². The molecule has 54 heavy (non-hydrogen) atoms. The van der Waals surface area contributed by atoms with E-state index in [0.717, 1.165) is 5.56 Å². The number of carboxylic acids is 1. The van der Waals surface area contributed by atoms with Gasteiger partial charge in [0.05, 0.1) is 5.54 Å². The van der Waals surface area contributed by atoms with Crippen molar-refractivity contribution < 1.29 is 46.6 Å². The van der Waals surface area contributed by atoms with Crippen molar-refractivity contribution in [3.8, 4) is 6.01 Å². The van der Waals surface area contributed by atoms with E-state index in [9.17, 15) is 41.8 Å². The van der Waals surface area contributed by atoms with Gasteiger partial charge in [0.15, 0.2) is 6.61 Å². The molecule has 1 aliphatic rings. The van der Waals surface area contributed by atoms with Gasteiger partial charge in [-0.15, -0.1) is 0 Å². The fraction of sp³-hybridized carbons (Fsp3) is 0.306. The van der Waals surface area contributed by atoms with Crippen LogP contribution in [0.2, 0.25) is 5.02 Å². The first-order valence-corrected chi connectivity index (χ1v) is 16.9. The van der Waals surface area contributed by atoms with Gasteiger partial charge in [0, 0.05) is 29.2 Å². The quantitative estimate of drug-likeness (QED) is 0.0661. The summed E-state index contributed by atoms with van der Waals surface area (Å²) >= 11 is 6.01. The number of carbonyl (C=O) groups excluding carboxylic acids is 3. The first kappa shape index (κ1) is 39.4. The van der Waals surface area contributed by atoms with Crippen molar-refractivity contribution in [3.05, 3.63) is 99.8 Å². The lowest BCUT2D eigenvalue weighted by Crippen LogP contribution is -2.43. The summed E-state index contributed by atoms with van der Waals surface area (Å²) in [5.74, 6) is -4.61. The highest BCUT2D eigenvalue weighted by Crippen LogP contribution is 2.48. The molecule has 1 aliphatic carbocycles. The normalized spacial score (nSPS) is 13.7. The van der Waals surface area contributed by atoms with Gasteiger partial charge in [-0.3, -0.25) is 14.4 Å². The number of ketones is 1. The Morgan fingerprint density at radius 2 is 1.65 bits per heavy atom. The molecule has 0 saturated heterocycles. The van der Waals surface area contributed by atoms with Crippen LogP contribution in [-0.4, -0.2) is 69.0 Å². The number of aryl methyl sites for hydroxylation is 2. The molecule has 1 atom stereocenters. The molecule has 1 fully saturated rings. The van der Waals surface area contributed by atoms with Gasteiger partial charge in [-0.25, -0.2) is 9.18 Å². The number of anilines is 3. The number of aromatic nitrogens is 3. The van der Waals surface area contributed by atoms with Crippen molar-refractivity contribution in [1.82, 2.24) is 25.6 Å². The molecule has 1 heterocycles. The monoisotopic (exact) mass is 771 g/mol. The predicted octanol–water partition coefficient (Wildman–Crippen LogP) is 5.65. The first-order valence-electron chi connectivity index (χ1n) is 16.6. The largest absolute Gasteiger partial charge is 0.480 e. The summed E-state index contributed by atoms with van der Waals surface area (Å²) in [7, 11) is 0. The Labute approximate surface area is 310 Å². The van der Waals surface area contributed by atoms with Gasteiger partial charge in [0.1, 0.15) is 11.9 Å². The minimum Gasteiger partial charge on any atom is -0.480 e. The number of benzene rings is 3. The van der Waals surface area contributed by atoms with Crippen molar-refractivity contribution in [2.75, 3.05) is 23.8 Å². The van der Waals surface area contributed by atoms with E-state index in [2.05, 4.69) is 36.2 Å². The number of carboxylic acid groups (broad SMARTS) is 1. The molecule has 3 aromatic carbocycles. The molecule has 0 radical (unpaired) electrons. The first-order chi connectivity index (χ1) is 25.6. The Bertz CT molecular complexity index is 2010. The Morgan fingerprint density at radius 3 is 2.28 bits per heavy atom. The lowest BCUT2D eigenvalue weighted by atomic mass is 10.0. The van der Waals surface area contributed by atoms with Crippen molar-refractivity contribution >= 4 is 52.8 Å². The van der Waals surface area contributed by atoms with Crippen LogP contribution in [0.25, 0.3) is 0 Å². The van der Waals surface area contributed by atoms with Crippen LogP contribution >= 0.6 is 11.6 Å². The number of aliphatic carboxylic acids is 1. The molecule has 5 rings (SSSR count). The van der Waals surface area contributed by atoms with Crippen LogP contribution in [-0.2, 0) is 26.3 Å². The smallest absolute Gasteiger partial charge is 0.422 e. The summed E-state index contributed by atoms with van der Waals surface area (Å²) in [6, 6.07) is 15.2. The number of hydrogen-bond acceptors (Lipinski definition) is 10. The summed E-state index contributed by atoms with van der Waals surface area (Å²) < 4.78 is 57.6. The standard InChI is InChI=1S/C36H34ClF4N7O6/c1-20-2-3-21(26(38)18-20)6-13-28(49)30(51)42-17-14-27(31(52)53)44-29(50)22-4-11-25(12-5-22)43-32-45-33(47-34(46-32)54-19-36(39,40)41)48-35(15-16-35)23-7-9-24(37)10-8-23/h2-5,7-12,18,27H,6,13-17,19H2,1H3,(H,42,51)(H,44,50)(H,52,53)(H2,43,45,46,47,48)/t27-/m0/s1. The Kier molecular flexibility index (Phi) is 12.3. The van der Waals surface area contributed by atoms with E-state index in [1.165, 1.54) is 36.4 Å². The van der Waals surface area contributed by atoms with Gasteiger partial charge in [-0.05, 0) is 91.8 Å². The second-order valence-electron chi connectivity index (χ2n) is 12.5. The van der Waals surface area contributed by atoms with E-state index in [1.807, 2.05) is 12.1 Å². The van der Waals surface area contributed by atoms with E-state index >= 15 is 0 Å². The maximum atomic E-state index is 14.0. The maximum absolute atomic E-state index is 14.0. The zero-order valence-corrected chi connectivity index (χ0v) is 29.4. The third-order valence-electron chi connectivity index (χ3n) is 8.29. The molecule has 1 aromatic heterocycles. The summed E-state index contributed by atoms with van der Waals surface area (Å²) in [6.07, 6.45) is -3.75. The molecular formula is C36H34ClF4N7O6. The maximum Gasteiger partial charge on any atom is 0.422 e. The average Bonchev–Trinajstić information content (AvgIpc) is 3.90. The molecule has 13 nitrogen and oxygen atoms in total. The summed E-state index contributed by atoms with van der Waals surface area (Å²) in [4.78, 5) is 61.5.